The lowest BCUT2D eigenvalue weighted by Gasteiger charge is -2.27. The van der Waals surface area contributed by atoms with Crippen LogP contribution in [0.2, 0.25) is 0 Å². The number of urea groups is 1. The second-order valence-electron chi connectivity index (χ2n) is 7.12. The smallest absolute Gasteiger partial charge is 0.316 e. The largest absolute Gasteiger partial charge is 0.322 e. The SMILES string of the molecule is O=C1NC(=O)C(c2ccccc2)(c2ccccc2)N1.c1ccc(-c2ccccc2)cc1. The monoisotopic (exact) mass is 406 g/mol. The Morgan fingerprint density at radius 3 is 1.16 bits per heavy atom. The summed E-state index contributed by atoms with van der Waals surface area (Å²) in [7, 11) is 0. The Morgan fingerprint density at radius 1 is 0.484 bits per heavy atom. The quantitative estimate of drug-likeness (QED) is 0.464. The lowest BCUT2D eigenvalue weighted by atomic mass is 9.83. The number of hydrogen-bond donors (Lipinski definition) is 2. The van der Waals surface area contributed by atoms with Gasteiger partial charge in [-0.05, 0) is 22.3 Å². The molecule has 1 aliphatic heterocycles. The summed E-state index contributed by atoms with van der Waals surface area (Å²) >= 11 is 0. The fourth-order valence-corrected chi connectivity index (χ4v) is 3.67. The maximum Gasteiger partial charge on any atom is 0.322 e. The molecule has 0 aliphatic carbocycles. The van der Waals surface area contributed by atoms with Crippen molar-refractivity contribution in [2.45, 2.75) is 5.54 Å². The molecule has 0 saturated carbocycles. The predicted molar refractivity (Wildman–Crippen MR) is 122 cm³/mol. The number of nitrogens with one attached hydrogen (secondary N) is 2. The van der Waals surface area contributed by atoms with E-state index < -0.39 is 11.6 Å². The summed E-state index contributed by atoms with van der Waals surface area (Å²) in [5, 5.41) is 5.07. The Morgan fingerprint density at radius 2 is 0.839 bits per heavy atom. The molecule has 0 bridgehead atoms. The summed E-state index contributed by atoms with van der Waals surface area (Å²) in [4.78, 5) is 23.9. The fourth-order valence-electron chi connectivity index (χ4n) is 3.67. The maximum absolute atomic E-state index is 12.3. The van der Waals surface area contributed by atoms with Crippen molar-refractivity contribution in [2.75, 3.05) is 0 Å². The Bertz CT molecular complexity index is 1070. The molecule has 152 valence electrons. The molecule has 4 heteroatoms. The molecule has 5 rings (SSSR count). The third kappa shape index (κ3) is 4.23. The number of rotatable bonds is 3. The van der Waals surface area contributed by atoms with Crippen LogP contribution < -0.4 is 10.6 Å². The Labute approximate surface area is 181 Å². The van der Waals surface area contributed by atoms with Crippen molar-refractivity contribution in [1.82, 2.24) is 10.6 Å². The molecule has 4 nitrogen and oxygen atoms in total. The second kappa shape index (κ2) is 9.09. The molecule has 4 aromatic carbocycles. The van der Waals surface area contributed by atoms with Gasteiger partial charge < -0.3 is 5.32 Å². The van der Waals surface area contributed by atoms with E-state index in [1.807, 2.05) is 72.8 Å². The highest BCUT2D eigenvalue weighted by atomic mass is 16.2. The molecule has 1 fully saturated rings. The third-order valence-electron chi connectivity index (χ3n) is 5.16. The molecular formula is C27H22N2O2. The van der Waals surface area contributed by atoms with Gasteiger partial charge in [-0.25, -0.2) is 4.79 Å². The van der Waals surface area contributed by atoms with Gasteiger partial charge in [0.1, 0.15) is 0 Å². The number of hydrogen-bond acceptors (Lipinski definition) is 2. The summed E-state index contributed by atoms with van der Waals surface area (Å²) in [6, 6.07) is 38.8. The summed E-state index contributed by atoms with van der Waals surface area (Å²) in [6.07, 6.45) is 0. The summed E-state index contributed by atoms with van der Waals surface area (Å²) in [5.74, 6) is -0.352. The Hall–Kier alpha value is -4.18. The lowest BCUT2D eigenvalue weighted by Crippen LogP contribution is -2.44. The maximum atomic E-state index is 12.3. The van der Waals surface area contributed by atoms with Gasteiger partial charge in [-0.2, -0.15) is 0 Å². The zero-order valence-corrected chi connectivity index (χ0v) is 16.9. The van der Waals surface area contributed by atoms with Crippen LogP contribution in [-0.2, 0) is 10.3 Å². The van der Waals surface area contributed by atoms with Crippen LogP contribution in [0.3, 0.4) is 0 Å². The molecule has 0 spiro atoms. The molecule has 2 N–H and O–H groups in total. The predicted octanol–water partition coefficient (Wildman–Crippen LogP) is 5.12. The van der Waals surface area contributed by atoms with E-state index in [0.29, 0.717) is 0 Å². The highest BCUT2D eigenvalue weighted by molar-refractivity contribution is 6.09. The molecule has 31 heavy (non-hydrogen) atoms. The van der Waals surface area contributed by atoms with Crippen molar-refractivity contribution in [2.24, 2.45) is 0 Å². The van der Waals surface area contributed by atoms with Crippen molar-refractivity contribution >= 4 is 11.9 Å². The molecule has 1 saturated heterocycles. The minimum atomic E-state index is -1.14. The zero-order chi connectivity index (χ0) is 21.5. The van der Waals surface area contributed by atoms with Crippen molar-refractivity contribution < 1.29 is 9.59 Å². The third-order valence-corrected chi connectivity index (χ3v) is 5.16. The van der Waals surface area contributed by atoms with Crippen molar-refractivity contribution in [1.29, 1.82) is 0 Å². The molecule has 1 heterocycles. The van der Waals surface area contributed by atoms with Crippen molar-refractivity contribution in [3.05, 3.63) is 132 Å². The molecule has 0 aromatic heterocycles. The van der Waals surface area contributed by atoms with Crippen LogP contribution in [-0.4, -0.2) is 11.9 Å². The van der Waals surface area contributed by atoms with Crippen LogP contribution >= 0.6 is 0 Å². The molecular weight excluding hydrogens is 384 g/mol. The van der Waals surface area contributed by atoms with E-state index >= 15 is 0 Å². The molecule has 3 amide bonds. The first-order valence-electron chi connectivity index (χ1n) is 10.1. The first-order chi connectivity index (χ1) is 15.2. The summed E-state index contributed by atoms with van der Waals surface area (Å²) in [5.41, 5.74) is 2.89. The standard InChI is InChI=1S/C15H12N2O2.C12H10/c18-13-15(17-14(19)16-13,11-7-3-1-4-8-11)12-9-5-2-6-10-12;1-3-7-11(8-4-1)12-9-5-2-6-10-12/h1-10H,(H2,16,17,18,19);1-10H. The average Bonchev–Trinajstić information content (AvgIpc) is 3.16. The molecule has 0 atom stereocenters. The van der Waals surface area contributed by atoms with Crippen LogP contribution in [0.4, 0.5) is 4.79 Å². The van der Waals surface area contributed by atoms with Gasteiger partial charge in [-0.1, -0.05) is 121 Å². The van der Waals surface area contributed by atoms with Crippen LogP contribution in [0.5, 0.6) is 0 Å². The fraction of sp³-hybridized carbons (Fsp3) is 0.0370. The van der Waals surface area contributed by atoms with Crippen molar-refractivity contribution in [3.8, 4) is 11.1 Å². The summed E-state index contributed by atoms with van der Waals surface area (Å²) in [6.45, 7) is 0. The van der Waals surface area contributed by atoms with Crippen LogP contribution in [0.25, 0.3) is 11.1 Å². The number of carbonyl (C=O) groups excluding carboxylic acids is 2. The Kier molecular flexibility index (Phi) is 5.90. The normalized spacial score (nSPS) is 14.1. The number of imide groups is 1. The van der Waals surface area contributed by atoms with Crippen LogP contribution in [0.15, 0.2) is 121 Å². The van der Waals surface area contributed by atoms with E-state index in [-0.39, 0.29) is 5.91 Å². The number of benzene rings is 4. The molecule has 0 unspecified atom stereocenters. The highest BCUT2D eigenvalue weighted by Gasteiger charge is 2.48. The zero-order valence-electron chi connectivity index (χ0n) is 16.9. The average molecular weight is 406 g/mol. The minimum Gasteiger partial charge on any atom is -0.316 e. The van der Waals surface area contributed by atoms with Crippen LogP contribution in [0, 0.1) is 0 Å². The van der Waals surface area contributed by atoms with E-state index in [0.717, 1.165) is 11.1 Å². The van der Waals surface area contributed by atoms with E-state index in [1.165, 1.54) is 11.1 Å². The minimum absolute atomic E-state index is 0.352. The topological polar surface area (TPSA) is 58.2 Å². The van der Waals surface area contributed by atoms with Gasteiger partial charge in [0.05, 0.1) is 0 Å². The van der Waals surface area contributed by atoms with Gasteiger partial charge in [-0.15, -0.1) is 0 Å². The second-order valence-corrected chi connectivity index (χ2v) is 7.12. The van der Waals surface area contributed by atoms with Crippen LogP contribution in [0.1, 0.15) is 11.1 Å². The van der Waals surface area contributed by atoms with Crippen molar-refractivity contribution in [3.63, 3.8) is 0 Å². The van der Waals surface area contributed by atoms with E-state index in [1.54, 1.807) is 0 Å². The molecule has 4 aromatic rings. The van der Waals surface area contributed by atoms with Gasteiger partial charge in [-0.3, -0.25) is 10.1 Å². The summed E-state index contributed by atoms with van der Waals surface area (Å²) < 4.78 is 0. The lowest BCUT2D eigenvalue weighted by molar-refractivity contribution is -0.122. The van der Waals surface area contributed by atoms with Gasteiger partial charge in [0.25, 0.3) is 5.91 Å². The first kappa shape index (κ1) is 20.1. The first-order valence-corrected chi connectivity index (χ1v) is 10.1. The number of carbonyl (C=O) groups is 2. The van der Waals surface area contributed by atoms with Gasteiger partial charge in [0.15, 0.2) is 5.54 Å². The van der Waals surface area contributed by atoms with E-state index in [9.17, 15) is 9.59 Å². The van der Waals surface area contributed by atoms with Gasteiger partial charge in [0.2, 0.25) is 0 Å². The van der Waals surface area contributed by atoms with E-state index in [4.69, 9.17) is 0 Å². The highest BCUT2D eigenvalue weighted by Crippen LogP contribution is 2.32. The van der Waals surface area contributed by atoms with E-state index in [2.05, 4.69) is 59.2 Å². The number of amides is 3. The molecule has 0 radical (unpaired) electrons. The van der Waals surface area contributed by atoms with Gasteiger partial charge in [0, 0.05) is 0 Å². The van der Waals surface area contributed by atoms with Gasteiger partial charge >= 0.3 is 6.03 Å². The Balaban J connectivity index is 0.000000166. The molecule has 1 aliphatic rings.